The molecule has 2 aromatic carbocycles. The topological polar surface area (TPSA) is 94.6 Å². The number of ether oxygens (including phenoxy) is 3. The van der Waals surface area contributed by atoms with E-state index in [4.69, 9.17) is 14.2 Å². The monoisotopic (exact) mass is 484 g/mol. The first-order chi connectivity index (χ1) is 15.6. The van der Waals surface area contributed by atoms with E-state index < -0.39 is 23.8 Å². The van der Waals surface area contributed by atoms with Crippen molar-refractivity contribution in [3.8, 4) is 17.2 Å². The minimum atomic E-state index is -4.52. The number of fused-ring (bicyclic) bond motifs is 1. The fraction of sp³-hybridized carbons (Fsp3) is 0.333. The van der Waals surface area contributed by atoms with Gasteiger partial charge in [-0.15, -0.1) is 0 Å². The van der Waals surface area contributed by atoms with E-state index in [0.717, 1.165) is 0 Å². The Kier molecular flexibility index (Phi) is 7.59. The first-order valence-electron chi connectivity index (χ1n) is 9.80. The third kappa shape index (κ3) is 6.23. The highest BCUT2D eigenvalue weighted by Crippen LogP contribution is 2.37. The van der Waals surface area contributed by atoms with Crippen molar-refractivity contribution >= 4 is 33.4 Å². The van der Waals surface area contributed by atoms with Crippen molar-refractivity contribution in [2.45, 2.75) is 31.0 Å². The lowest BCUT2D eigenvalue weighted by molar-refractivity contribution is -0.153. The summed E-state index contributed by atoms with van der Waals surface area (Å²) < 4.78 is 69.1. The minimum absolute atomic E-state index is 0.0805. The lowest BCUT2D eigenvalue weighted by Gasteiger charge is -2.17. The first kappa shape index (κ1) is 24.5. The van der Waals surface area contributed by atoms with Crippen LogP contribution in [-0.4, -0.2) is 47.2 Å². The van der Waals surface area contributed by atoms with E-state index in [1.165, 1.54) is 38.7 Å². The van der Waals surface area contributed by atoms with Crippen molar-refractivity contribution < 1.29 is 31.6 Å². The van der Waals surface area contributed by atoms with E-state index in [1.807, 2.05) is 13.8 Å². The Hall–Kier alpha value is -3.12. The van der Waals surface area contributed by atoms with Crippen molar-refractivity contribution in [3.05, 3.63) is 36.7 Å². The van der Waals surface area contributed by atoms with Gasteiger partial charge in [0, 0.05) is 11.5 Å². The second-order valence-corrected chi connectivity index (χ2v) is 8.49. The fourth-order valence-corrected chi connectivity index (χ4v) is 3.57. The average Bonchev–Trinajstić information content (AvgIpc) is 2.76. The molecule has 8 nitrogen and oxygen atoms in total. The highest BCUT2D eigenvalue weighted by atomic mass is 32.2. The molecular weight excluding hydrogens is 461 g/mol. The molecule has 1 unspecified atom stereocenters. The number of halogens is 3. The lowest BCUT2D eigenvalue weighted by Crippen LogP contribution is -2.19. The molecule has 1 heterocycles. The normalized spacial score (nSPS) is 12.6. The van der Waals surface area contributed by atoms with E-state index in [2.05, 4.69) is 20.0 Å². The molecule has 0 aliphatic heterocycles. The number of anilines is 2. The van der Waals surface area contributed by atoms with E-state index >= 15 is 0 Å². The molecule has 3 aromatic rings. The van der Waals surface area contributed by atoms with Gasteiger partial charge < -0.3 is 19.5 Å². The van der Waals surface area contributed by atoms with Crippen LogP contribution in [0.15, 0.2) is 41.6 Å². The van der Waals surface area contributed by atoms with Crippen LogP contribution in [0.2, 0.25) is 0 Å². The quantitative estimate of drug-likeness (QED) is 0.466. The second kappa shape index (κ2) is 10.2. The van der Waals surface area contributed by atoms with Crippen molar-refractivity contribution in [2.75, 3.05) is 26.1 Å². The maximum Gasteiger partial charge on any atom is 0.422 e. The van der Waals surface area contributed by atoms with Gasteiger partial charge in [-0.1, -0.05) is 0 Å². The summed E-state index contributed by atoms with van der Waals surface area (Å²) in [6.45, 7) is 2.24. The molecule has 0 bridgehead atoms. The molecular formula is C21H23F3N4O4S. The molecule has 3 rings (SSSR count). The van der Waals surface area contributed by atoms with Crippen molar-refractivity contribution in [2.24, 2.45) is 0 Å². The van der Waals surface area contributed by atoms with Crippen LogP contribution in [0, 0.1) is 0 Å². The Balaban J connectivity index is 2.08. The molecule has 178 valence electrons. The maximum absolute atomic E-state index is 12.7. The number of nitrogens with zero attached hydrogens (tertiary/aromatic N) is 2. The predicted molar refractivity (Wildman–Crippen MR) is 119 cm³/mol. The van der Waals surface area contributed by atoms with Crippen molar-refractivity contribution in [3.63, 3.8) is 0 Å². The summed E-state index contributed by atoms with van der Waals surface area (Å²) in [6.07, 6.45) is -3.35. The third-order valence-corrected chi connectivity index (χ3v) is 5.33. The van der Waals surface area contributed by atoms with Gasteiger partial charge in [0.2, 0.25) is 0 Å². The van der Waals surface area contributed by atoms with Crippen LogP contribution < -0.4 is 24.2 Å². The van der Waals surface area contributed by atoms with Crippen LogP contribution in [-0.2, 0) is 11.0 Å². The molecule has 1 atom stereocenters. The zero-order valence-corrected chi connectivity index (χ0v) is 19.1. The smallest absolute Gasteiger partial charge is 0.422 e. The van der Waals surface area contributed by atoms with Gasteiger partial charge in [-0.25, -0.2) is 18.9 Å². The van der Waals surface area contributed by atoms with Crippen LogP contribution >= 0.6 is 0 Å². The summed E-state index contributed by atoms with van der Waals surface area (Å²) >= 11 is 0. The number of alkyl halides is 3. The number of benzene rings is 2. The van der Waals surface area contributed by atoms with Crippen LogP contribution in [0.4, 0.5) is 24.7 Å². The van der Waals surface area contributed by atoms with Gasteiger partial charge in [0.05, 0.1) is 29.3 Å². The molecule has 0 fully saturated rings. The summed E-state index contributed by atoms with van der Waals surface area (Å²) in [7, 11) is 1.44. The molecule has 33 heavy (non-hydrogen) atoms. The molecule has 0 saturated heterocycles. The Morgan fingerprint density at radius 1 is 1.09 bits per heavy atom. The van der Waals surface area contributed by atoms with E-state index in [-0.39, 0.29) is 17.5 Å². The van der Waals surface area contributed by atoms with Crippen molar-refractivity contribution in [1.82, 2.24) is 14.7 Å². The van der Waals surface area contributed by atoms with E-state index in [0.29, 0.717) is 33.1 Å². The number of hydrogen-bond acceptors (Lipinski definition) is 7. The van der Waals surface area contributed by atoms with Gasteiger partial charge in [-0.3, -0.25) is 0 Å². The zero-order valence-electron chi connectivity index (χ0n) is 18.3. The third-order valence-electron chi connectivity index (χ3n) is 4.28. The predicted octanol–water partition coefficient (Wildman–Crippen LogP) is 4.35. The van der Waals surface area contributed by atoms with Gasteiger partial charge in [0.15, 0.2) is 18.1 Å². The van der Waals surface area contributed by atoms with Crippen LogP contribution in [0.3, 0.4) is 0 Å². The molecule has 0 spiro atoms. The summed E-state index contributed by atoms with van der Waals surface area (Å²) in [5.41, 5.74) is 0.677. The minimum Gasteiger partial charge on any atom is -0.493 e. The van der Waals surface area contributed by atoms with Crippen LogP contribution in [0.1, 0.15) is 13.8 Å². The van der Waals surface area contributed by atoms with Crippen LogP contribution in [0.5, 0.6) is 17.2 Å². The Morgan fingerprint density at radius 3 is 2.48 bits per heavy atom. The molecule has 0 amide bonds. The highest BCUT2D eigenvalue weighted by molar-refractivity contribution is 7.83. The van der Waals surface area contributed by atoms with Gasteiger partial charge in [-0.2, -0.15) is 13.2 Å². The lowest BCUT2D eigenvalue weighted by atomic mass is 10.2. The molecule has 0 saturated carbocycles. The van der Waals surface area contributed by atoms with Gasteiger partial charge in [0.1, 0.15) is 28.9 Å². The van der Waals surface area contributed by atoms with Gasteiger partial charge >= 0.3 is 6.18 Å². The Morgan fingerprint density at radius 2 is 1.85 bits per heavy atom. The molecule has 12 heteroatoms. The number of rotatable bonds is 9. The summed E-state index contributed by atoms with van der Waals surface area (Å²) in [5, 5.41) is 3.52. The Bertz CT molecular complexity index is 1160. The summed E-state index contributed by atoms with van der Waals surface area (Å²) in [5.74, 6) is 1.14. The summed E-state index contributed by atoms with van der Waals surface area (Å²) in [6, 6.07) is 7.52. The fourth-order valence-electron chi connectivity index (χ4n) is 2.92. The standard InChI is InChI=1S/C21H23F3N4O4S/c1-12(2)32-19-8-14-15(9-18(19)30-4)26-11-27-20(14)28-16-7-13(33(29)25-3)5-6-17(16)31-10-21(22,23)24/h5-9,11-12,25H,10H2,1-4H3,(H,26,27,28). The number of nitrogens with one attached hydrogen (secondary N) is 2. The average molecular weight is 485 g/mol. The molecule has 0 aliphatic carbocycles. The van der Waals surface area contributed by atoms with Crippen LogP contribution in [0.25, 0.3) is 10.9 Å². The molecule has 0 radical (unpaired) electrons. The highest BCUT2D eigenvalue weighted by Gasteiger charge is 2.29. The SMILES string of the molecule is CNS(=O)c1ccc(OCC(F)(F)F)c(Nc2ncnc3cc(OC)c(OC(C)C)cc23)c1. The molecule has 2 N–H and O–H groups in total. The number of hydrogen-bond donors (Lipinski definition) is 2. The maximum atomic E-state index is 12.7. The molecule has 1 aromatic heterocycles. The van der Waals surface area contributed by atoms with Crippen molar-refractivity contribution in [1.29, 1.82) is 0 Å². The number of aromatic nitrogens is 2. The Labute approximate surface area is 191 Å². The van der Waals surface area contributed by atoms with E-state index in [9.17, 15) is 17.4 Å². The largest absolute Gasteiger partial charge is 0.493 e. The van der Waals surface area contributed by atoms with Gasteiger partial charge in [0.25, 0.3) is 0 Å². The molecule has 0 aliphatic rings. The summed E-state index contributed by atoms with van der Waals surface area (Å²) in [4.78, 5) is 8.81. The zero-order chi connectivity index (χ0) is 24.2. The van der Waals surface area contributed by atoms with E-state index in [1.54, 1.807) is 12.1 Å². The first-order valence-corrected chi connectivity index (χ1v) is 11.0. The number of methoxy groups -OCH3 is 1. The second-order valence-electron chi connectivity index (χ2n) is 7.07. The van der Waals surface area contributed by atoms with Gasteiger partial charge in [-0.05, 0) is 45.2 Å².